The van der Waals surface area contributed by atoms with Gasteiger partial charge in [-0.25, -0.2) is 8.78 Å². The number of hydrogen-bond acceptors (Lipinski definition) is 2. The van der Waals surface area contributed by atoms with Crippen LogP contribution in [0.25, 0.3) is 0 Å². The highest BCUT2D eigenvalue weighted by Crippen LogP contribution is 2.25. The zero-order chi connectivity index (χ0) is 18.5. The Hall–Kier alpha value is -3.02. The molecule has 1 atom stereocenters. The van der Waals surface area contributed by atoms with Crippen LogP contribution in [0.3, 0.4) is 0 Å². The number of benzene rings is 2. The van der Waals surface area contributed by atoms with Crippen molar-refractivity contribution >= 4 is 23.2 Å². The van der Waals surface area contributed by atoms with Crippen LogP contribution >= 0.6 is 0 Å². The number of halogens is 2. The van der Waals surface area contributed by atoms with Crippen molar-refractivity contribution in [3.05, 3.63) is 71.8 Å². The number of carbonyl (C=O) groups is 2. The molecule has 0 aromatic heterocycles. The van der Waals surface area contributed by atoms with Gasteiger partial charge in [0, 0.05) is 6.42 Å². The van der Waals surface area contributed by atoms with E-state index in [0.29, 0.717) is 17.8 Å². The van der Waals surface area contributed by atoms with Gasteiger partial charge in [0.15, 0.2) is 0 Å². The fourth-order valence-electron chi connectivity index (χ4n) is 2.87. The monoisotopic (exact) mass is 356 g/mol. The summed E-state index contributed by atoms with van der Waals surface area (Å²) < 4.78 is 27.0. The Morgan fingerprint density at radius 3 is 2.46 bits per heavy atom. The van der Waals surface area contributed by atoms with Gasteiger partial charge in [0.2, 0.25) is 5.91 Å². The predicted octanol–water partition coefficient (Wildman–Crippen LogP) is 4.51. The lowest BCUT2D eigenvalue weighted by Gasteiger charge is -2.14. The average Bonchev–Trinajstić information content (AvgIpc) is 3.11. The van der Waals surface area contributed by atoms with E-state index in [-0.39, 0.29) is 11.8 Å². The number of anilines is 2. The van der Waals surface area contributed by atoms with Gasteiger partial charge in [-0.15, -0.1) is 0 Å². The van der Waals surface area contributed by atoms with Gasteiger partial charge in [0.05, 0.1) is 16.9 Å². The Morgan fingerprint density at radius 1 is 1.04 bits per heavy atom. The minimum atomic E-state index is -0.821. The van der Waals surface area contributed by atoms with Gasteiger partial charge in [-0.3, -0.25) is 9.59 Å². The van der Waals surface area contributed by atoms with E-state index in [2.05, 4.69) is 16.7 Å². The first-order valence-corrected chi connectivity index (χ1v) is 8.35. The Kier molecular flexibility index (Phi) is 5.41. The first-order valence-electron chi connectivity index (χ1n) is 8.35. The molecule has 0 bridgehead atoms. The summed E-state index contributed by atoms with van der Waals surface area (Å²) in [6, 6.07) is 9.28. The van der Waals surface area contributed by atoms with E-state index in [0.717, 1.165) is 31.0 Å². The summed E-state index contributed by atoms with van der Waals surface area (Å²) in [5.74, 6) is -2.26. The van der Waals surface area contributed by atoms with Crippen LogP contribution in [0.1, 0.15) is 29.6 Å². The molecule has 26 heavy (non-hydrogen) atoms. The summed E-state index contributed by atoms with van der Waals surface area (Å²) in [5.41, 5.74) is 0.323. The maximum atomic E-state index is 13.8. The van der Waals surface area contributed by atoms with Crippen molar-refractivity contribution in [2.75, 3.05) is 10.6 Å². The molecule has 0 spiro atoms. The van der Waals surface area contributed by atoms with E-state index in [1.54, 1.807) is 24.3 Å². The third-order valence-corrected chi connectivity index (χ3v) is 4.18. The van der Waals surface area contributed by atoms with Crippen LogP contribution in [0.15, 0.2) is 54.6 Å². The quantitative estimate of drug-likeness (QED) is 0.775. The molecule has 4 nitrogen and oxygen atoms in total. The Bertz CT molecular complexity index is 865. The lowest BCUT2D eigenvalue weighted by Crippen LogP contribution is -2.18. The molecule has 2 aromatic carbocycles. The predicted molar refractivity (Wildman–Crippen MR) is 95.9 cm³/mol. The van der Waals surface area contributed by atoms with Crippen molar-refractivity contribution < 1.29 is 18.4 Å². The SMILES string of the molecule is O=C(CC1C=CCC1)Nc1ccccc1NC(=O)c1cc(F)ccc1F. The molecular formula is C20H18F2N2O2. The van der Waals surface area contributed by atoms with Crippen molar-refractivity contribution in [1.29, 1.82) is 0 Å². The molecule has 1 unspecified atom stereocenters. The molecule has 134 valence electrons. The molecule has 0 saturated heterocycles. The number of amides is 2. The standard InChI is InChI=1S/C20H18F2N2O2/c21-14-9-10-16(22)15(12-14)20(26)24-18-8-4-3-7-17(18)23-19(25)11-13-5-1-2-6-13/h1,3-5,7-10,12-13H,2,6,11H2,(H,23,25)(H,24,26). The molecule has 0 aliphatic heterocycles. The lowest BCUT2D eigenvalue weighted by atomic mass is 10.0. The van der Waals surface area contributed by atoms with Gasteiger partial charge in [-0.1, -0.05) is 24.3 Å². The zero-order valence-electron chi connectivity index (χ0n) is 14.0. The minimum absolute atomic E-state index is 0.166. The molecule has 0 fully saturated rings. The average molecular weight is 356 g/mol. The molecule has 2 aromatic rings. The molecule has 0 saturated carbocycles. The second-order valence-corrected chi connectivity index (χ2v) is 6.14. The van der Waals surface area contributed by atoms with Gasteiger partial charge < -0.3 is 10.6 Å². The Morgan fingerprint density at radius 2 is 1.77 bits per heavy atom. The van der Waals surface area contributed by atoms with Crippen molar-refractivity contribution in [3.63, 3.8) is 0 Å². The smallest absolute Gasteiger partial charge is 0.258 e. The first-order chi connectivity index (χ1) is 12.5. The maximum absolute atomic E-state index is 13.8. The fourth-order valence-corrected chi connectivity index (χ4v) is 2.87. The van der Waals surface area contributed by atoms with E-state index in [1.165, 1.54) is 0 Å². The van der Waals surface area contributed by atoms with Crippen LogP contribution < -0.4 is 10.6 Å². The van der Waals surface area contributed by atoms with Gasteiger partial charge in [0.1, 0.15) is 11.6 Å². The van der Waals surface area contributed by atoms with E-state index in [9.17, 15) is 18.4 Å². The van der Waals surface area contributed by atoms with E-state index < -0.39 is 23.1 Å². The van der Waals surface area contributed by atoms with Crippen LogP contribution in [0.2, 0.25) is 0 Å². The number of rotatable bonds is 5. The Labute approximate surface area is 149 Å². The fraction of sp³-hybridized carbons (Fsp3) is 0.200. The number of allylic oxidation sites excluding steroid dienone is 2. The van der Waals surface area contributed by atoms with Crippen molar-refractivity contribution in [1.82, 2.24) is 0 Å². The number of para-hydroxylation sites is 2. The molecule has 1 aliphatic carbocycles. The third-order valence-electron chi connectivity index (χ3n) is 4.18. The third kappa shape index (κ3) is 4.33. The summed E-state index contributed by atoms with van der Waals surface area (Å²) >= 11 is 0. The molecule has 3 rings (SSSR count). The van der Waals surface area contributed by atoms with Gasteiger partial charge in [0.25, 0.3) is 5.91 Å². The Balaban J connectivity index is 1.72. The second-order valence-electron chi connectivity index (χ2n) is 6.14. The molecule has 6 heteroatoms. The van der Waals surface area contributed by atoms with Crippen LogP contribution in [0.5, 0.6) is 0 Å². The minimum Gasteiger partial charge on any atom is -0.324 e. The van der Waals surface area contributed by atoms with E-state index in [4.69, 9.17) is 0 Å². The number of nitrogens with one attached hydrogen (secondary N) is 2. The highest BCUT2D eigenvalue weighted by Gasteiger charge is 2.17. The molecule has 1 aliphatic rings. The molecular weight excluding hydrogens is 338 g/mol. The topological polar surface area (TPSA) is 58.2 Å². The number of carbonyl (C=O) groups excluding carboxylic acids is 2. The van der Waals surface area contributed by atoms with Gasteiger partial charge in [-0.05, 0) is 49.1 Å². The molecule has 2 N–H and O–H groups in total. The zero-order valence-corrected chi connectivity index (χ0v) is 14.0. The normalized spacial score (nSPS) is 15.7. The van der Waals surface area contributed by atoms with Gasteiger partial charge >= 0.3 is 0 Å². The summed E-state index contributed by atoms with van der Waals surface area (Å²) in [5, 5.41) is 5.28. The lowest BCUT2D eigenvalue weighted by molar-refractivity contribution is -0.116. The first kappa shape index (κ1) is 17.8. The number of hydrogen-bond donors (Lipinski definition) is 2. The summed E-state index contributed by atoms with van der Waals surface area (Å²) in [6.07, 6.45) is 6.37. The van der Waals surface area contributed by atoms with E-state index in [1.807, 2.05) is 6.08 Å². The van der Waals surface area contributed by atoms with Crippen LogP contribution in [0, 0.1) is 17.6 Å². The molecule has 0 heterocycles. The highest BCUT2D eigenvalue weighted by molar-refractivity contribution is 6.07. The van der Waals surface area contributed by atoms with Crippen molar-refractivity contribution in [3.8, 4) is 0 Å². The highest BCUT2D eigenvalue weighted by atomic mass is 19.1. The molecule has 2 amide bonds. The maximum Gasteiger partial charge on any atom is 0.258 e. The van der Waals surface area contributed by atoms with Crippen LogP contribution in [-0.4, -0.2) is 11.8 Å². The van der Waals surface area contributed by atoms with E-state index >= 15 is 0 Å². The summed E-state index contributed by atoms with van der Waals surface area (Å²) in [7, 11) is 0. The largest absolute Gasteiger partial charge is 0.324 e. The summed E-state index contributed by atoms with van der Waals surface area (Å²) in [4.78, 5) is 24.5. The van der Waals surface area contributed by atoms with Crippen molar-refractivity contribution in [2.45, 2.75) is 19.3 Å². The second kappa shape index (κ2) is 7.91. The molecule has 0 radical (unpaired) electrons. The van der Waals surface area contributed by atoms with Crippen LogP contribution in [-0.2, 0) is 4.79 Å². The summed E-state index contributed by atoms with van der Waals surface area (Å²) in [6.45, 7) is 0. The van der Waals surface area contributed by atoms with Gasteiger partial charge in [-0.2, -0.15) is 0 Å². The van der Waals surface area contributed by atoms with Crippen LogP contribution in [0.4, 0.5) is 20.2 Å². The van der Waals surface area contributed by atoms with Crippen molar-refractivity contribution in [2.24, 2.45) is 5.92 Å².